The molecule has 0 aliphatic heterocycles. The molecule has 0 unspecified atom stereocenters. The second-order valence-electron chi connectivity index (χ2n) is 5.05. The normalized spacial score (nSPS) is 10.0. The molecule has 130 valence electrons. The number of halogens is 1. The van der Waals surface area contributed by atoms with Gasteiger partial charge in [-0.1, -0.05) is 23.7 Å². The molecule has 0 saturated heterocycles. The average molecular weight is 363 g/mol. The molecule has 7 heteroatoms. The lowest BCUT2D eigenvalue weighted by molar-refractivity contribution is -0.134. The molecule has 0 aromatic heterocycles. The maximum atomic E-state index is 12.2. The largest absolute Gasteiger partial charge is 0.457 e. The minimum Gasteiger partial charge on any atom is -0.457 e. The van der Waals surface area contributed by atoms with Gasteiger partial charge in [0.25, 0.3) is 0 Å². The number of hydrogen-bond acceptors (Lipinski definition) is 6. The summed E-state index contributed by atoms with van der Waals surface area (Å²) in [6, 6.07) is 10.9. The van der Waals surface area contributed by atoms with Crippen LogP contribution in [0, 0.1) is 0 Å². The highest BCUT2D eigenvalue weighted by atomic mass is 35.5. The van der Waals surface area contributed by atoms with E-state index < -0.39 is 17.9 Å². The van der Waals surface area contributed by atoms with Crippen LogP contribution in [0.1, 0.15) is 29.8 Å². The highest BCUT2D eigenvalue weighted by Crippen LogP contribution is 2.29. The molecular formula is C18H15ClO6. The summed E-state index contributed by atoms with van der Waals surface area (Å²) in [6.45, 7) is 2.47. The van der Waals surface area contributed by atoms with Crippen LogP contribution in [-0.2, 0) is 20.9 Å². The van der Waals surface area contributed by atoms with E-state index in [1.165, 1.54) is 32.0 Å². The Morgan fingerprint density at radius 3 is 2.08 bits per heavy atom. The highest BCUT2D eigenvalue weighted by molar-refractivity contribution is 6.30. The minimum absolute atomic E-state index is 0.0383. The van der Waals surface area contributed by atoms with E-state index in [9.17, 15) is 14.4 Å². The number of esters is 3. The van der Waals surface area contributed by atoms with Crippen LogP contribution < -0.4 is 9.47 Å². The first-order valence-corrected chi connectivity index (χ1v) is 7.65. The average Bonchev–Trinajstić information content (AvgIpc) is 2.54. The van der Waals surface area contributed by atoms with Crippen LogP contribution in [0.2, 0.25) is 5.02 Å². The van der Waals surface area contributed by atoms with Crippen molar-refractivity contribution in [2.75, 3.05) is 0 Å². The number of hydrogen-bond donors (Lipinski definition) is 0. The second kappa shape index (κ2) is 8.30. The molecule has 0 spiro atoms. The molecule has 0 amide bonds. The van der Waals surface area contributed by atoms with Crippen molar-refractivity contribution < 1.29 is 28.6 Å². The monoisotopic (exact) mass is 362 g/mol. The summed E-state index contributed by atoms with van der Waals surface area (Å²) in [5.74, 6) is -1.80. The molecule has 2 rings (SSSR count). The van der Waals surface area contributed by atoms with Gasteiger partial charge in [0.1, 0.15) is 6.61 Å². The van der Waals surface area contributed by atoms with Gasteiger partial charge < -0.3 is 14.2 Å². The van der Waals surface area contributed by atoms with Gasteiger partial charge in [0.2, 0.25) is 0 Å². The lowest BCUT2D eigenvalue weighted by atomic mass is 10.2. The van der Waals surface area contributed by atoms with E-state index in [0.29, 0.717) is 5.02 Å². The number of ether oxygens (including phenoxy) is 3. The Balaban J connectivity index is 2.13. The lowest BCUT2D eigenvalue weighted by Gasteiger charge is -2.10. The van der Waals surface area contributed by atoms with Crippen LogP contribution in [0.5, 0.6) is 11.5 Å². The predicted molar refractivity (Wildman–Crippen MR) is 89.6 cm³/mol. The Hall–Kier alpha value is -2.86. The quantitative estimate of drug-likeness (QED) is 0.598. The fourth-order valence-electron chi connectivity index (χ4n) is 1.92. The Morgan fingerprint density at radius 2 is 1.48 bits per heavy atom. The standard InChI is InChI=1S/C18H15ClO6/c1-11(20)24-16-8-5-14(9-17(16)25-12(2)21)18(22)23-10-13-3-6-15(19)7-4-13/h3-9H,10H2,1-2H3. The minimum atomic E-state index is -0.613. The molecule has 2 aromatic carbocycles. The molecule has 0 bridgehead atoms. The van der Waals surface area contributed by atoms with Crippen LogP contribution in [0.25, 0.3) is 0 Å². The smallest absolute Gasteiger partial charge is 0.338 e. The van der Waals surface area contributed by atoms with Crippen LogP contribution in [-0.4, -0.2) is 17.9 Å². The summed E-state index contributed by atoms with van der Waals surface area (Å²) in [5.41, 5.74) is 0.926. The van der Waals surface area contributed by atoms with E-state index in [-0.39, 0.29) is 23.7 Å². The van der Waals surface area contributed by atoms with Gasteiger partial charge in [-0.25, -0.2) is 4.79 Å². The zero-order valence-corrected chi connectivity index (χ0v) is 14.3. The third kappa shape index (κ3) is 5.61. The Bertz CT molecular complexity index is 798. The van der Waals surface area contributed by atoms with Crippen molar-refractivity contribution in [3.8, 4) is 11.5 Å². The third-order valence-corrected chi connectivity index (χ3v) is 3.22. The number of benzene rings is 2. The van der Waals surface area contributed by atoms with E-state index in [1.54, 1.807) is 24.3 Å². The second-order valence-corrected chi connectivity index (χ2v) is 5.49. The van der Waals surface area contributed by atoms with Gasteiger partial charge in [0.15, 0.2) is 11.5 Å². The van der Waals surface area contributed by atoms with E-state index in [0.717, 1.165) is 5.56 Å². The van der Waals surface area contributed by atoms with Crippen LogP contribution in [0.4, 0.5) is 0 Å². The summed E-state index contributed by atoms with van der Waals surface area (Å²) in [7, 11) is 0. The van der Waals surface area contributed by atoms with Gasteiger partial charge in [0, 0.05) is 18.9 Å². The fourth-order valence-corrected chi connectivity index (χ4v) is 2.05. The van der Waals surface area contributed by atoms with Gasteiger partial charge in [-0.3, -0.25) is 9.59 Å². The molecule has 25 heavy (non-hydrogen) atoms. The summed E-state index contributed by atoms with van der Waals surface area (Å²) in [6.07, 6.45) is 0. The van der Waals surface area contributed by atoms with Crippen molar-refractivity contribution in [3.05, 3.63) is 58.6 Å². The third-order valence-electron chi connectivity index (χ3n) is 2.97. The van der Waals surface area contributed by atoms with Crippen molar-refractivity contribution >= 4 is 29.5 Å². The maximum absolute atomic E-state index is 12.2. The molecule has 6 nitrogen and oxygen atoms in total. The Labute approximate surface area is 149 Å². The first kappa shape index (κ1) is 18.5. The fraction of sp³-hybridized carbons (Fsp3) is 0.167. The number of carbonyl (C=O) groups is 3. The summed E-state index contributed by atoms with van der Waals surface area (Å²) in [5, 5.41) is 0.585. The van der Waals surface area contributed by atoms with E-state index in [2.05, 4.69) is 0 Å². The number of carbonyl (C=O) groups excluding carboxylic acids is 3. The zero-order valence-electron chi connectivity index (χ0n) is 13.6. The van der Waals surface area contributed by atoms with Crippen molar-refractivity contribution in [2.24, 2.45) is 0 Å². The van der Waals surface area contributed by atoms with Crippen LogP contribution in [0.15, 0.2) is 42.5 Å². The highest BCUT2D eigenvalue weighted by Gasteiger charge is 2.15. The summed E-state index contributed by atoms with van der Waals surface area (Å²) >= 11 is 5.79. The molecule has 0 aliphatic carbocycles. The van der Waals surface area contributed by atoms with E-state index >= 15 is 0 Å². The Kier molecular flexibility index (Phi) is 6.14. The lowest BCUT2D eigenvalue weighted by Crippen LogP contribution is -2.10. The first-order valence-electron chi connectivity index (χ1n) is 7.27. The molecule has 0 N–H and O–H groups in total. The van der Waals surface area contributed by atoms with E-state index in [4.69, 9.17) is 25.8 Å². The molecule has 0 heterocycles. The van der Waals surface area contributed by atoms with Gasteiger partial charge in [0.05, 0.1) is 5.56 Å². The maximum Gasteiger partial charge on any atom is 0.338 e. The summed E-state index contributed by atoms with van der Waals surface area (Å²) < 4.78 is 15.1. The SMILES string of the molecule is CC(=O)Oc1ccc(C(=O)OCc2ccc(Cl)cc2)cc1OC(C)=O. The van der Waals surface area contributed by atoms with Crippen molar-refractivity contribution in [1.29, 1.82) is 0 Å². The molecule has 0 fully saturated rings. The van der Waals surface area contributed by atoms with E-state index in [1.807, 2.05) is 0 Å². The summed E-state index contributed by atoms with van der Waals surface area (Å²) in [4.78, 5) is 34.4. The van der Waals surface area contributed by atoms with Crippen molar-refractivity contribution in [1.82, 2.24) is 0 Å². The zero-order chi connectivity index (χ0) is 18.4. The van der Waals surface area contributed by atoms with Gasteiger partial charge >= 0.3 is 17.9 Å². The molecule has 0 radical (unpaired) electrons. The first-order chi connectivity index (χ1) is 11.8. The van der Waals surface area contributed by atoms with Gasteiger partial charge in [-0.2, -0.15) is 0 Å². The molecule has 2 aromatic rings. The molecular weight excluding hydrogens is 348 g/mol. The topological polar surface area (TPSA) is 78.9 Å². The predicted octanol–water partition coefficient (Wildman–Crippen LogP) is 3.55. The van der Waals surface area contributed by atoms with Gasteiger partial charge in [-0.15, -0.1) is 0 Å². The van der Waals surface area contributed by atoms with Crippen molar-refractivity contribution in [3.63, 3.8) is 0 Å². The van der Waals surface area contributed by atoms with Crippen LogP contribution in [0.3, 0.4) is 0 Å². The Morgan fingerprint density at radius 1 is 0.880 bits per heavy atom. The molecule has 0 aliphatic rings. The van der Waals surface area contributed by atoms with Crippen LogP contribution >= 0.6 is 11.6 Å². The molecule has 0 atom stereocenters. The van der Waals surface area contributed by atoms with Gasteiger partial charge in [-0.05, 0) is 35.9 Å². The molecule has 0 saturated carbocycles. The van der Waals surface area contributed by atoms with Crippen molar-refractivity contribution in [2.45, 2.75) is 20.5 Å². The number of rotatable bonds is 5.